The van der Waals surface area contributed by atoms with Crippen LogP contribution in [-0.4, -0.2) is 68.1 Å². The minimum atomic E-state index is -0.524. The Morgan fingerprint density at radius 1 is 1.28 bits per heavy atom. The summed E-state index contributed by atoms with van der Waals surface area (Å²) >= 11 is 0. The molecule has 0 aromatic heterocycles. The van der Waals surface area contributed by atoms with E-state index in [0.29, 0.717) is 32.2 Å². The fourth-order valence-electron chi connectivity index (χ4n) is 3.09. The van der Waals surface area contributed by atoms with Crippen molar-refractivity contribution in [1.82, 2.24) is 4.90 Å². The van der Waals surface area contributed by atoms with Gasteiger partial charge in [0.25, 0.3) is 0 Å². The maximum absolute atomic E-state index is 11.7. The van der Waals surface area contributed by atoms with Gasteiger partial charge in [0, 0.05) is 0 Å². The fraction of sp³-hybridized carbons (Fsp3) is 0.632. The predicted molar refractivity (Wildman–Crippen MR) is 96.2 cm³/mol. The topological polar surface area (TPSA) is 63.4 Å². The molecule has 6 heteroatoms. The minimum absolute atomic E-state index is 0.240. The summed E-state index contributed by atoms with van der Waals surface area (Å²) in [4.78, 5) is 14.7. The summed E-state index contributed by atoms with van der Waals surface area (Å²) in [6.45, 7) is 10.4. The summed E-state index contributed by atoms with van der Waals surface area (Å²) in [6, 6.07) is 7.97. The van der Waals surface area contributed by atoms with Gasteiger partial charge in [-0.3, -0.25) is 4.90 Å². The van der Waals surface area contributed by atoms with E-state index in [-0.39, 0.29) is 12.7 Å². The van der Waals surface area contributed by atoms with Crippen LogP contribution in [0, 0.1) is 0 Å². The second-order valence-electron chi connectivity index (χ2n) is 6.80. The van der Waals surface area contributed by atoms with Gasteiger partial charge in [-0.15, -0.1) is 0 Å². The van der Waals surface area contributed by atoms with Gasteiger partial charge in [0.2, 0.25) is 0 Å². The first-order valence-corrected chi connectivity index (χ1v) is 9.16. The van der Waals surface area contributed by atoms with Gasteiger partial charge in [0.05, 0.1) is 32.8 Å². The number of hydrogen-bond acceptors (Lipinski definition) is 4. The van der Waals surface area contributed by atoms with E-state index >= 15 is 0 Å². The van der Waals surface area contributed by atoms with Crippen LogP contribution in [0.4, 0.5) is 4.79 Å². The van der Waals surface area contributed by atoms with Crippen molar-refractivity contribution < 1.29 is 24.3 Å². The van der Waals surface area contributed by atoms with Crippen molar-refractivity contribution in [2.24, 2.45) is 0 Å². The van der Waals surface area contributed by atoms with Gasteiger partial charge < -0.3 is 19.5 Å². The highest BCUT2D eigenvalue weighted by Gasteiger charge is 2.26. The molecule has 1 heterocycles. The van der Waals surface area contributed by atoms with Crippen molar-refractivity contribution in [1.29, 1.82) is 0 Å². The van der Waals surface area contributed by atoms with Crippen molar-refractivity contribution in [2.45, 2.75) is 32.8 Å². The Morgan fingerprint density at radius 2 is 1.96 bits per heavy atom. The van der Waals surface area contributed by atoms with E-state index in [1.165, 1.54) is 4.90 Å². The molecule has 1 aromatic carbocycles. The first-order valence-electron chi connectivity index (χ1n) is 9.16. The Morgan fingerprint density at radius 3 is 2.60 bits per heavy atom. The van der Waals surface area contributed by atoms with Crippen LogP contribution in [0.1, 0.15) is 32.3 Å². The zero-order chi connectivity index (χ0) is 18.2. The number of piperazine rings is 1. The molecule has 25 heavy (non-hydrogen) atoms. The lowest BCUT2D eigenvalue weighted by Gasteiger charge is -2.32. The average Bonchev–Trinajstić information content (AvgIpc) is 2.61. The summed E-state index contributed by atoms with van der Waals surface area (Å²) in [5.74, 6) is 1.23. The molecular formula is C19H31N2O4+. The van der Waals surface area contributed by atoms with E-state index < -0.39 is 6.10 Å². The number of rotatable bonds is 7. The van der Waals surface area contributed by atoms with E-state index in [9.17, 15) is 9.90 Å². The van der Waals surface area contributed by atoms with E-state index in [2.05, 4.69) is 19.9 Å². The molecule has 1 aliphatic heterocycles. The third-order valence-electron chi connectivity index (χ3n) is 4.49. The number of nitrogens with one attached hydrogen (secondary N) is 1. The monoisotopic (exact) mass is 351 g/mol. The highest BCUT2D eigenvalue weighted by atomic mass is 16.6. The van der Waals surface area contributed by atoms with E-state index in [1.54, 1.807) is 4.90 Å². The molecule has 2 rings (SSSR count). The second-order valence-corrected chi connectivity index (χ2v) is 6.80. The van der Waals surface area contributed by atoms with Crippen LogP contribution in [0.5, 0.6) is 5.75 Å². The molecule has 0 unspecified atom stereocenters. The Kier molecular flexibility index (Phi) is 7.52. The molecule has 0 bridgehead atoms. The lowest BCUT2D eigenvalue weighted by molar-refractivity contribution is -0.907. The Bertz CT molecular complexity index is 542. The quantitative estimate of drug-likeness (QED) is 0.766. The maximum atomic E-state index is 11.7. The smallest absolute Gasteiger partial charge is 0.410 e. The van der Waals surface area contributed by atoms with Crippen LogP contribution in [0.15, 0.2) is 24.3 Å². The predicted octanol–water partition coefficient (Wildman–Crippen LogP) is 0.907. The zero-order valence-corrected chi connectivity index (χ0v) is 15.5. The molecular weight excluding hydrogens is 320 g/mol. The zero-order valence-electron chi connectivity index (χ0n) is 15.5. The minimum Gasteiger partial charge on any atom is -0.490 e. The van der Waals surface area contributed by atoms with Crippen molar-refractivity contribution >= 4 is 6.09 Å². The van der Waals surface area contributed by atoms with E-state index in [0.717, 1.165) is 24.4 Å². The van der Waals surface area contributed by atoms with Crippen LogP contribution in [-0.2, 0) is 4.74 Å². The number of quaternary nitrogens is 1. The number of nitrogens with zero attached hydrogens (tertiary/aromatic N) is 1. The molecule has 1 atom stereocenters. The van der Waals surface area contributed by atoms with Gasteiger partial charge in [-0.1, -0.05) is 32.0 Å². The first kappa shape index (κ1) is 19.5. The molecule has 1 amide bonds. The fourth-order valence-corrected chi connectivity index (χ4v) is 3.09. The standard InChI is InChI=1S/C19H30N2O4/c1-4-24-19(23)21-11-9-20(10-12-21)13-16(22)14-25-18-8-6-5-7-17(18)15(2)3/h5-8,15-16,22H,4,9-14H2,1-3H3/p+1/t16-/m1/s1. The number of carbonyl (C=O) groups is 1. The van der Waals surface area contributed by atoms with Gasteiger partial charge >= 0.3 is 6.09 Å². The lowest BCUT2D eigenvalue weighted by atomic mass is 10.0. The molecule has 1 aromatic rings. The lowest BCUT2D eigenvalue weighted by Crippen LogP contribution is -3.16. The van der Waals surface area contributed by atoms with Crippen LogP contribution in [0.25, 0.3) is 0 Å². The largest absolute Gasteiger partial charge is 0.490 e. The molecule has 0 saturated carbocycles. The molecule has 0 aliphatic carbocycles. The number of hydrogen-bond donors (Lipinski definition) is 2. The van der Waals surface area contributed by atoms with Gasteiger partial charge in [0.1, 0.15) is 25.0 Å². The molecule has 0 spiro atoms. The second kappa shape index (κ2) is 9.63. The summed E-state index contributed by atoms with van der Waals surface area (Å²) in [5, 5.41) is 10.3. The number of carbonyl (C=O) groups excluding carboxylic acids is 1. The summed E-state index contributed by atoms with van der Waals surface area (Å²) in [6.07, 6.45) is -0.764. The van der Waals surface area contributed by atoms with Crippen molar-refractivity contribution in [3.63, 3.8) is 0 Å². The summed E-state index contributed by atoms with van der Waals surface area (Å²) < 4.78 is 10.9. The van der Waals surface area contributed by atoms with Crippen molar-refractivity contribution in [2.75, 3.05) is 45.9 Å². The average molecular weight is 351 g/mol. The van der Waals surface area contributed by atoms with Gasteiger partial charge in [-0.25, -0.2) is 4.79 Å². The molecule has 1 fully saturated rings. The summed E-state index contributed by atoms with van der Waals surface area (Å²) in [5.41, 5.74) is 1.16. The van der Waals surface area contributed by atoms with Crippen LogP contribution < -0.4 is 9.64 Å². The van der Waals surface area contributed by atoms with Gasteiger partial charge in [-0.05, 0) is 24.5 Å². The number of amides is 1. The normalized spacial score (nSPS) is 16.8. The van der Waals surface area contributed by atoms with Crippen molar-refractivity contribution in [3.05, 3.63) is 29.8 Å². The number of ether oxygens (including phenoxy) is 2. The Hall–Kier alpha value is -1.79. The number of para-hydroxylation sites is 1. The SMILES string of the molecule is CCOC(=O)N1CC[NH+](C[C@@H](O)COc2ccccc2C(C)C)CC1. The third-order valence-corrected chi connectivity index (χ3v) is 4.49. The Labute approximate surface area is 150 Å². The number of aliphatic hydroxyl groups excluding tert-OH is 1. The molecule has 0 radical (unpaired) electrons. The van der Waals surface area contributed by atoms with Gasteiger partial charge in [-0.2, -0.15) is 0 Å². The first-order chi connectivity index (χ1) is 12.0. The molecule has 6 nitrogen and oxygen atoms in total. The van der Waals surface area contributed by atoms with E-state index in [1.807, 2.05) is 25.1 Å². The van der Waals surface area contributed by atoms with Gasteiger partial charge in [0.15, 0.2) is 0 Å². The Balaban J connectivity index is 1.75. The van der Waals surface area contributed by atoms with Crippen LogP contribution >= 0.6 is 0 Å². The maximum Gasteiger partial charge on any atom is 0.410 e. The van der Waals surface area contributed by atoms with Crippen LogP contribution in [0.3, 0.4) is 0 Å². The molecule has 2 N–H and O–H groups in total. The molecule has 1 aliphatic rings. The highest BCUT2D eigenvalue weighted by Crippen LogP contribution is 2.25. The van der Waals surface area contributed by atoms with Crippen molar-refractivity contribution in [3.8, 4) is 5.75 Å². The highest BCUT2D eigenvalue weighted by molar-refractivity contribution is 5.67. The number of aliphatic hydroxyl groups is 1. The molecule has 1 saturated heterocycles. The number of benzene rings is 1. The summed E-state index contributed by atoms with van der Waals surface area (Å²) in [7, 11) is 0. The molecule has 140 valence electrons. The third kappa shape index (κ3) is 5.90. The van der Waals surface area contributed by atoms with Crippen LogP contribution in [0.2, 0.25) is 0 Å². The van der Waals surface area contributed by atoms with E-state index in [4.69, 9.17) is 9.47 Å².